The van der Waals surface area contributed by atoms with Gasteiger partial charge in [0.15, 0.2) is 0 Å². The molecular formula is C25H30N4O4. The Balaban J connectivity index is 1.54. The van der Waals surface area contributed by atoms with Crippen LogP contribution in [-0.4, -0.2) is 42.1 Å². The number of hydrogen-bond acceptors (Lipinski definition) is 5. The van der Waals surface area contributed by atoms with Gasteiger partial charge in [0.25, 0.3) is 0 Å². The summed E-state index contributed by atoms with van der Waals surface area (Å²) < 4.78 is 12.7. The molecule has 3 aromatic rings. The van der Waals surface area contributed by atoms with Crippen molar-refractivity contribution in [3.8, 4) is 11.5 Å². The molecule has 1 aliphatic rings. The summed E-state index contributed by atoms with van der Waals surface area (Å²) in [5, 5.41) is 3.16. The Morgan fingerprint density at radius 3 is 2.58 bits per heavy atom. The molecule has 1 unspecified atom stereocenters. The molecule has 1 aliphatic heterocycles. The first-order chi connectivity index (χ1) is 15.8. The van der Waals surface area contributed by atoms with Crippen LogP contribution in [0.25, 0.3) is 11.0 Å². The zero-order chi connectivity index (χ0) is 23.7. The summed E-state index contributed by atoms with van der Waals surface area (Å²) in [6.07, 6.45) is 0.147. The highest BCUT2D eigenvalue weighted by atomic mass is 16.5. The van der Waals surface area contributed by atoms with Gasteiger partial charge in [0, 0.05) is 26.1 Å². The van der Waals surface area contributed by atoms with Gasteiger partial charge in [-0.2, -0.15) is 0 Å². The van der Waals surface area contributed by atoms with Crippen molar-refractivity contribution < 1.29 is 19.1 Å². The molecule has 33 heavy (non-hydrogen) atoms. The molecule has 8 heteroatoms. The van der Waals surface area contributed by atoms with Crippen molar-refractivity contribution in [1.29, 1.82) is 0 Å². The number of para-hydroxylation sites is 2. The Morgan fingerprint density at radius 1 is 1.15 bits per heavy atom. The van der Waals surface area contributed by atoms with Gasteiger partial charge in [-0.05, 0) is 30.2 Å². The van der Waals surface area contributed by atoms with E-state index in [-0.39, 0.29) is 30.2 Å². The number of rotatable bonds is 7. The Bertz CT molecular complexity index is 1190. The zero-order valence-electron chi connectivity index (χ0n) is 19.7. The molecule has 1 N–H and O–H groups in total. The lowest BCUT2D eigenvalue weighted by molar-refractivity contribution is -0.127. The fourth-order valence-corrected chi connectivity index (χ4v) is 4.37. The van der Waals surface area contributed by atoms with Crippen LogP contribution in [0.15, 0.2) is 42.5 Å². The third-order valence-corrected chi connectivity index (χ3v) is 6.24. The Labute approximate surface area is 193 Å². The van der Waals surface area contributed by atoms with Crippen molar-refractivity contribution >= 4 is 28.5 Å². The molecule has 2 heterocycles. The van der Waals surface area contributed by atoms with E-state index < -0.39 is 5.92 Å². The molecule has 2 amide bonds. The van der Waals surface area contributed by atoms with Crippen LogP contribution < -0.4 is 19.7 Å². The number of ether oxygens (including phenoxy) is 2. The molecular weight excluding hydrogens is 420 g/mol. The number of amides is 2. The number of nitrogens with one attached hydrogen (secondary N) is 1. The van der Waals surface area contributed by atoms with Crippen molar-refractivity contribution in [2.45, 2.75) is 26.3 Å². The minimum atomic E-state index is -0.458. The second-order valence-electron chi connectivity index (χ2n) is 8.69. The topological polar surface area (TPSA) is 85.7 Å². The number of carbonyl (C=O) groups excluding carboxylic acids is 2. The van der Waals surface area contributed by atoms with Gasteiger partial charge >= 0.3 is 0 Å². The number of hydrogen-bond donors (Lipinski definition) is 1. The highest BCUT2D eigenvalue weighted by Crippen LogP contribution is 2.36. The normalized spacial score (nSPS) is 17.0. The molecule has 8 nitrogen and oxygen atoms in total. The number of methoxy groups -OCH3 is 2. The number of aryl methyl sites for hydroxylation is 1. The smallest absolute Gasteiger partial charge is 0.227 e. The SMILES string of the molecule is COc1ccc(N2CC(C(=O)N[C@H](c3nc4ccccc4n3C)C(C)C)CC2=O)c(OC)c1. The molecule has 2 aromatic carbocycles. The van der Waals surface area contributed by atoms with Gasteiger partial charge in [0.2, 0.25) is 11.8 Å². The average Bonchev–Trinajstić information content (AvgIpc) is 3.36. The van der Waals surface area contributed by atoms with Gasteiger partial charge < -0.3 is 24.3 Å². The highest BCUT2D eigenvalue weighted by molar-refractivity contribution is 6.01. The zero-order valence-corrected chi connectivity index (χ0v) is 19.7. The molecule has 174 valence electrons. The predicted molar refractivity (Wildman–Crippen MR) is 126 cm³/mol. The van der Waals surface area contributed by atoms with Gasteiger partial charge in [-0.3, -0.25) is 9.59 Å². The summed E-state index contributed by atoms with van der Waals surface area (Å²) in [6, 6.07) is 12.9. The van der Waals surface area contributed by atoms with Crippen molar-refractivity contribution in [1.82, 2.24) is 14.9 Å². The van der Waals surface area contributed by atoms with Crippen LogP contribution in [0, 0.1) is 11.8 Å². The minimum absolute atomic E-state index is 0.109. The number of carbonyl (C=O) groups is 2. The third-order valence-electron chi connectivity index (χ3n) is 6.24. The molecule has 1 aromatic heterocycles. The van der Waals surface area contributed by atoms with Crippen LogP contribution in [0.4, 0.5) is 5.69 Å². The largest absolute Gasteiger partial charge is 0.497 e. The van der Waals surface area contributed by atoms with Crippen LogP contribution in [0.5, 0.6) is 11.5 Å². The summed E-state index contributed by atoms with van der Waals surface area (Å²) in [5.41, 5.74) is 2.54. The van der Waals surface area contributed by atoms with E-state index in [0.717, 1.165) is 16.9 Å². The monoisotopic (exact) mass is 450 g/mol. The predicted octanol–water partition coefficient (Wildman–Crippen LogP) is 3.46. The van der Waals surface area contributed by atoms with Crippen molar-refractivity contribution in [3.63, 3.8) is 0 Å². The quantitative estimate of drug-likeness (QED) is 0.596. The van der Waals surface area contributed by atoms with Crippen LogP contribution in [0.1, 0.15) is 32.1 Å². The lowest BCUT2D eigenvalue weighted by atomic mass is 10.0. The van der Waals surface area contributed by atoms with E-state index in [1.165, 1.54) is 0 Å². The van der Waals surface area contributed by atoms with Crippen LogP contribution in [0.2, 0.25) is 0 Å². The molecule has 4 rings (SSSR count). The number of imidazole rings is 1. The van der Waals surface area contributed by atoms with Crippen LogP contribution in [-0.2, 0) is 16.6 Å². The summed E-state index contributed by atoms with van der Waals surface area (Å²) in [5.74, 6) is 1.38. The summed E-state index contributed by atoms with van der Waals surface area (Å²) in [6.45, 7) is 4.40. The van der Waals surface area contributed by atoms with Gasteiger partial charge in [0.1, 0.15) is 17.3 Å². The maximum absolute atomic E-state index is 13.3. The van der Waals surface area contributed by atoms with Gasteiger partial charge in [-0.1, -0.05) is 26.0 Å². The first kappa shape index (κ1) is 22.6. The minimum Gasteiger partial charge on any atom is -0.497 e. The fourth-order valence-electron chi connectivity index (χ4n) is 4.37. The summed E-state index contributed by atoms with van der Waals surface area (Å²) >= 11 is 0. The number of nitrogens with zero attached hydrogens (tertiary/aromatic N) is 3. The van der Waals surface area contributed by atoms with E-state index in [1.54, 1.807) is 37.3 Å². The van der Waals surface area contributed by atoms with Crippen molar-refractivity contribution in [3.05, 3.63) is 48.3 Å². The van der Waals surface area contributed by atoms with Gasteiger partial charge in [0.05, 0.1) is 42.9 Å². The molecule has 0 bridgehead atoms. The van der Waals surface area contributed by atoms with Gasteiger partial charge in [-0.25, -0.2) is 4.98 Å². The van der Waals surface area contributed by atoms with E-state index in [2.05, 4.69) is 19.2 Å². The van der Waals surface area contributed by atoms with Gasteiger partial charge in [-0.15, -0.1) is 0 Å². The first-order valence-electron chi connectivity index (χ1n) is 11.1. The summed E-state index contributed by atoms with van der Waals surface area (Å²) in [7, 11) is 5.08. The number of benzene rings is 2. The molecule has 2 atom stereocenters. The average molecular weight is 451 g/mol. The van der Waals surface area contributed by atoms with Crippen molar-refractivity contribution in [2.24, 2.45) is 18.9 Å². The number of anilines is 1. The molecule has 0 saturated carbocycles. The fraction of sp³-hybridized carbons (Fsp3) is 0.400. The molecule has 0 spiro atoms. The van der Waals surface area contributed by atoms with E-state index in [4.69, 9.17) is 14.5 Å². The van der Waals surface area contributed by atoms with Crippen molar-refractivity contribution in [2.75, 3.05) is 25.7 Å². The van der Waals surface area contributed by atoms with E-state index in [0.29, 0.717) is 23.7 Å². The molecule has 0 radical (unpaired) electrons. The summed E-state index contributed by atoms with van der Waals surface area (Å²) in [4.78, 5) is 32.5. The van der Waals surface area contributed by atoms with E-state index >= 15 is 0 Å². The highest BCUT2D eigenvalue weighted by Gasteiger charge is 2.38. The third kappa shape index (κ3) is 4.25. The second-order valence-corrected chi connectivity index (χ2v) is 8.69. The van der Waals surface area contributed by atoms with E-state index in [1.807, 2.05) is 35.9 Å². The Hall–Kier alpha value is -3.55. The standard InChI is InChI=1S/C25H30N4O4/c1-15(2)23(24-26-18-8-6-7-9-19(18)28(24)3)27-25(31)16-12-22(30)29(14-16)20-11-10-17(32-4)13-21(20)33-5/h6-11,13,15-16,23H,12,14H2,1-5H3,(H,27,31)/t16?,23-/m0/s1. The lowest BCUT2D eigenvalue weighted by Crippen LogP contribution is -2.38. The number of aromatic nitrogens is 2. The first-order valence-corrected chi connectivity index (χ1v) is 11.1. The Kier molecular flexibility index (Phi) is 6.26. The molecule has 1 fully saturated rings. The molecule has 1 saturated heterocycles. The van der Waals surface area contributed by atoms with Crippen LogP contribution in [0.3, 0.4) is 0 Å². The Morgan fingerprint density at radius 2 is 1.91 bits per heavy atom. The maximum atomic E-state index is 13.3. The molecule has 0 aliphatic carbocycles. The number of fused-ring (bicyclic) bond motifs is 1. The lowest BCUT2D eigenvalue weighted by Gasteiger charge is -2.24. The van der Waals surface area contributed by atoms with E-state index in [9.17, 15) is 9.59 Å². The van der Waals surface area contributed by atoms with Crippen LogP contribution >= 0.6 is 0 Å². The second kappa shape index (κ2) is 9.13. The maximum Gasteiger partial charge on any atom is 0.227 e.